The first kappa shape index (κ1) is 19.2. The number of H-pyrrole nitrogens is 1. The second-order valence-corrected chi connectivity index (χ2v) is 7.26. The third kappa shape index (κ3) is 3.73. The van der Waals surface area contributed by atoms with Crippen molar-refractivity contribution < 1.29 is 33.0 Å². The van der Waals surface area contributed by atoms with E-state index in [2.05, 4.69) is 15.9 Å². The Morgan fingerprint density at radius 2 is 2.08 bits per heavy atom. The number of hydrogen-bond acceptors (Lipinski definition) is 5. The van der Waals surface area contributed by atoms with Crippen LogP contribution in [0.5, 0.6) is 0 Å². The highest BCUT2D eigenvalue weighted by Crippen LogP contribution is 2.47. The SMILES string of the molecule is O=c1[nH]c(=O)n([C@@H]2O[C@H](CP(=O)(O)O)[C@@H](O)C2(F)F)cc1/C=C/Br. The Morgan fingerprint density at radius 1 is 1.46 bits per heavy atom. The van der Waals surface area contributed by atoms with Crippen molar-refractivity contribution in [1.82, 2.24) is 9.55 Å². The fourth-order valence-corrected chi connectivity index (χ4v) is 3.25. The lowest BCUT2D eigenvalue weighted by Gasteiger charge is -2.21. The molecular weight excluding hydrogens is 421 g/mol. The first-order valence-corrected chi connectivity index (χ1v) is 9.07. The van der Waals surface area contributed by atoms with Gasteiger partial charge in [-0.3, -0.25) is 18.9 Å². The topological polar surface area (TPSA) is 142 Å². The molecule has 1 aromatic heterocycles. The number of halogens is 3. The number of aromatic nitrogens is 2. The van der Waals surface area contributed by atoms with Gasteiger partial charge in [0.05, 0.1) is 11.7 Å². The molecule has 0 saturated carbocycles. The van der Waals surface area contributed by atoms with Crippen molar-refractivity contribution in [2.24, 2.45) is 0 Å². The summed E-state index contributed by atoms with van der Waals surface area (Å²) in [6.45, 7) is 0. The Hall–Kier alpha value is -1.17. The largest absolute Gasteiger partial charge is 0.384 e. The molecule has 1 aliphatic rings. The van der Waals surface area contributed by atoms with Gasteiger partial charge in [0.2, 0.25) is 6.23 Å². The molecule has 1 fully saturated rings. The zero-order valence-corrected chi connectivity index (χ0v) is 14.2. The van der Waals surface area contributed by atoms with Gasteiger partial charge >= 0.3 is 19.2 Å². The van der Waals surface area contributed by atoms with Crippen LogP contribution in [0.1, 0.15) is 11.8 Å². The van der Waals surface area contributed by atoms with Crippen LogP contribution in [0.25, 0.3) is 6.08 Å². The summed E-state index contributed by atoms with van der Waals surface area (Å²) in [5.41, 5.74) is -2.21. The maximum atomic E-state index is 14.2. The molecular formula is C11H12BrF2N2O7P. The normalized spacial score (nSPS) is 27.0. The molecule has 2 rings (SSSR count). The van der Waals surface area contributed by atoms with Gasteiger partial charge in [-0.2, -0.15) is 8.78 Å². The summed E-state index contributed by atoms with van der Waals surface area (Å²) in [4.78, 5) is 44.2. The van der Waals surface area contributed by atoms with Crippen molar-refractivity contribution >= 4 is 29.6 Å². The first-order chi connectivity index (χ1) is 11.0. The van der Waals surface area contributed by atoms with E-state index in [1.807, 2.05) is 4.98 Å². The van der Waals surface area contributed by atoms with Crippen molar-refractivity contribution in [2.45, 2.75) is 24.4 Å². The van der Waals surface area contributed by atoms with Crippen LogP contribution in [0.2, 0.25) is 0 Å². The van der Waals surface area contributed by atoms with Gasteiger partial charge in [0.25, 0.3) is 5.56 Å². The summed E-state index contributed by atoms with van der Waals surface area (Å²) in [7, 11) is -4.75. The average Bonchev–Trinajstić information content (AvgIpc) is 2.64. The molecule has 134 valence electrons. The van der Waals surface area contributed by atoms with E-state index in [0.717, 1.165) is 6.20 Å². The van der Waals surface area contributed by atoms with Gasteiger partial charge in [-0.25, -0.2) is 4.79 Å². The van der Waals surface area contributed by atoms with Gasteiger partial charge < -0.3 is 19.6 Å². The molecule has 0 unspecified atom stereocenters. The van der Waals surface area contributed by atoms with E-state index in [-0.39, 0.29) is 5.56 Å². The molecule has 0 aliphatic carbocycles. The van der Waals surface area contributed by atoms with Gasteiger partial charge in [0.15, 0.2) is 0 Å². The lowest BCUT2D eigenvalue weighted by molar-refractivity contribution is -0.140. The quantitative estimate of drug-likeness (QED) is 0.489. The van der Waals surface area contributed by atoms with Crippen LogP contribution >= 0.6 is 23.5 Å². The van der Waals surface area contributed by atoms with Crippen LogP contribution in [-0.4, -0.2) is 48.7 Å². The van der Waals surface area contributed by atoms with Crippen molar-refractivity contribution in [3.8, 4) is 0 Å². The number of aliphatic hydroxyl groups is 1. The average molecular weight is 433 g/mol. The monoisotopic (exact) mass is 432 g/mol. The number of aromatic amines is 1. The maximum absolute atomic E-state index is 14.2. The van der Waals surface area contributed by atoms with Gasteiger partial charge in [-0.15, -0.1) is 0 Å². The summed E-state index contributed by atoms with van der Waals surface area (Å²) >= 11 is 2.89. The van der Waals surface area contributed by atoms with E-state index in [0.29, 0.717) is 4.57 Å². The minimum atomic E-state index is -4.75. The number of alkyl halides is 2. The molecule has 0 bridgehead atoms. The van der Waals surface area contributed by atoms with Crippen LogP contribution < -0.4 is 11.2 Å². The summed E-state index contributed by atoms with van der Waals surface area (Å²) in [5.74, 6) is -4.02. The van der Waals surface area contributed by atoms with E-state index in [9.17, 15) is 28.0 Å². The minimum Gasteiger partial charge on any atom is -0.384 e. The molecule has 13 heteroatoms. The third-order valence-electron chi connectivity index (χ3n) is 3.29. The molecule has 4 N–H and O–H groups in total. The fourth-order valence-electron chi connectivity index (χ4n) is 2.21. The Morgan fingerprint density at radius 3 is 2.62 bits per heavy atom. The number of nitrogens with zero attached hydrogens (tertiary/aromatic N) is 1. The molecule has 1 saturated heterocycles. The van der Waals surface area contributed by atoms with Crippen LogP contribution in [0.15, 0.2) is 20.8 Å². The number of nitrogens with one attached hydrogen (secondary N) is 1. The Kier molecular flexibility index (Phi) is 5.28. The first-order valence-electron chi connectivity index (χ1n) is 6.35. The molecule has 24 heavy (non-hydrogen) atoms. The molecule has 2 heterocycles. The van der Waals surface area contributed by atoms with Crippen LogP contribution in [0.3, 0.4) is 0 Å². The second-order valence-electron chi connectivity index (χ2n) is 5.04. The van der Waals surface area contributed by atoms with Crippen LogP contribution in [0.4, 0.5) is 8.78 Å². The summed E-state index contributed by atoms with van der Waals surface area (Å²) < 4.78 is 44.5. The molecule has 0 amide bonds. The molecule has 3 atom stereocenters. The van der Waals surface area contributed by atoms with Gasteiger partial charge in [-0.05, 0) is 11.1 Å². The summed E-state index contributed by atoms with van der Waals surface area (Å²) in [5, 5.41) is 9.60. The van der Waals surface area contributed by atoms with Crippen molar-refractivity contribution in [3.63, 3.8) is 0 Å². The number of aliphatic hydroxyl groups excluding tert-OH is 1. The predicted octanol–water partition coefficient (Wildman–Crippen LogP) is -0.0265. The Bertz CT molecular complexity index is 817. The lowest BCUT2D eigenvalue weighted by atomic mass is 10.1. The minimum absolute atomic E-state index is 0.154. The summed E-state index contributed by atoms with van der Waals surface area (Å²) in [6.07, 6.45) is -5.93. The zero-order valence-electron chi connectivity index (χ0n) is 11.7. The van der Waals surface area contributed by atoms with Crippen LogP contribution in [0, 0.1) is 0 Å². The van der Waals surface area contributed by atoms with Gasteiger partial charge in [0, 0.05) is 6.20 Å². The third-order valence-corrected chi connectivity index (χ3v) is 4.39. The molecule has 1 aliphatic heterocycles. The van der Waals surface area contributed by atoms with E-state index in [1.54, 1.807) is 0 Å². The van der Waals surface area contributed by atoms with Crippen LogP contribution in [-0.2, 0) is 9.30 Å². The second kappa shape index (κ2) is 6.62. The lowest BCUT2D eigenvalue weighted by Crippen LogP contribution is -2.43. The standard InChI is InChI=1S/C11H12BrF2N2O7P/c12-2-1-5-3-16(10(19)15-8(5)18)9-11(13,14)7(17)6(23-9)4-24(20,21)22/h1-3,6-7,9,17H,4H2,(H,15,18,19)(H2,20,21,22)/b2-1+/t6-,7-,9-/m1/s1. The Labute approximate surface area is 140 Å². The molecule has 9 nitrogen and oxygen atoms in total. The zero-order chi connectivity index (χ0) is 18.3. The van der Waals surface area contributed by atoms with Crippen molar-refractivity contribution in [2.75, 3.05) is 6.16 Å². The Balaban J connectivity index is 2.48. The number of ether oxygens (including phenoxy) is 1. The van der Waals surface area contributed by atoms with E-state index >= 15 is 0 Å². The highest BCUT2D eigenvalue weighted by molar-refractivity contribution is 9.11. The number of rotatable bonds is 4. The van der Waals surface area contributed by atoms with Gasteiger partial charge in [-0.1, -0.05) is 15.9 Å². The van der Waals surface area contributed by atoms with E-state index in [4.69, 9.17) is 14.5 Å². The highest BCUT2D eigenvalue weighted by atomic mass is 79.9. The molecule has 0 spiro atoms. The predicted molar refractivity (Wildman–Crippen MR) is 81.1 cm³/mol. The number of hydrogen-bond donors (Lipinski definition) is 4. The molecule has 1 aromatic rings. The smallest absolute Gasteiger partial charge is 0.330 e. The highest BCUT2D eigenvalue weighted by Gasteiger charge is 2.60. The maximum Gasteiger partial charge on any atom is 0.330 e. The summed E-state index contributed by atoms with van der Waals surface area (Å²) in [6, 6.07) is 0. The van der Waals surface area contributed by atoms with Crippen molar-refractivity contribution in [1.29, 1.82) is 0 Å². The fraction of sp³-hybridized carbons (Fsp3) is 0.455. The molecule has 0 radical (unpaired) electrons. The van der Waals surface area contributed by atoms with E-state index in [1.165, 1.54) is 11.1 Å². The van der Waals surface area contributed by atoms with Gasteiger partial charge in [0.1, 0.15) is 12.2 Å². The van der Waals surface area contributed by atoms with Crippen molar-refractivity contribution in [3.05, 3.63) is 37.6 Å². The molecule has 0 aromatic carbocycles. The van der Waals surface area contributed by atoms with E-state index < -0.39 is 49.4 Å².